The maximum Gasteiger partial charge on any atom is 0.325 e. The molecule has 3 saturated heterocycles. The monoisotopic (exact) mass is 399 g/mol. The van der Waals surface area contributed by atoms with Crippen LogP contribution >= 0.6 is 0 Å². The normalized spacial score (nSPS) is 24.8. The summed E-state index contributed by atoms with van der Waals surface area (Å²) >= 11 is 0. The van der Waals surface area contributed by atoms with Crippen LogP contribution < -0.4 is 5.32 Å². The van der Waals surface area contributed by atoms with Gasteiger partial charge in [-0.15, -0.1) is 0 Å². The number of pyridine rings is 1. The molecule has 29 heavy (non-hydrogen) atoms. The van der Waals surface area contributed by atoms with E-state index in [1.807, 2.05) is 0 Å². The molecule has 0 radical (unpaired) electrons. The van der Waals surface area contributed by atoms with Crippen molar-refractivity contribution in [2.45, 2.75) is 50.6 Å². The minimum atomic E-state index is -0.767. The molecule has 3 fully saturated rings. The number of imide groups is 1. The van der Waals surface area contributed by atoms with E-state index in [1.165, 1.54) is 4.90 Å². The summed E-state index contributed by atoms with van der Waals surface area (Å²) in [5.41, 5.74) is -0.234. The fraction of sp³-hybridized carbons (Fsp3) is 0.619. The van der Waals surface area contributed by atoms with Crippen LogP contribution in [-0.2, 0) is 4.79 Å². The van der Waals surface area contributed by atoms with Gasteiger partial charge in [-0.05, 0) is 50.8 Å². The molecule has 4 rings (SSSR count). The molecule has 3 aliphatic heterocycles. The van der Waals surface area contributed by atoms with Gasteiger partial charge in [0.25, 0.3) is 11.8 Å². The van der Waals surface area contributed by atoms with E-state index >= 15 is 0 Å². The molecule has 0 aromatic carbocycles. The Morgan fingerprint density at radius 3 is 2.76 bits per heavy atom. The van der Waals surface area contributed by atoms with Gasteiger partial charge >= 0.3 is 6.03 Å². The molecule has 8 heteroatoms. The Hall–Kier alpha value is -2.48. The Morgan fingerprint density at radius 2 is 2.07 bits per heavy atom. The lowest BCUT2D eigenvalue weighted by atomic mass is 9.87. The molecule has 1 N–H and O–H groups in total. The van der Waals surface area contributed by atoms with Crippen molar-refractivity contribution in [3.05, 3.63) is 30.1 Å². The van der Waals surface area contributed by atoms with Gasteiger partial charge in [-0.3, -0.25) is 19.5 Å². The third-order valence-electron chi connectivity index (χ3n) is 6.40. The first-order chi connectivity index (χ1) is 14.0. The minimum Gasteiger partial charge on any atom is -0.337 e. The Labute approximate surface area is 171 Å². The van der Waals surface area contributed by atoms with E-state index in [0.717, 1.165) is 38.9 Å². The number of carbonyl (C=O) groups is 3. The van der Waals surface area contributed by atoms with Crippen LogP contribution in [0, 0.1) is 0 Å². The fourth-order valence-corrected chi connectivity index (χ4v) is 4.81. The third kappa shape index (κ3) is 3.73. The molecule has 1 atom stereocenters. The number of hydrogen-bond donors (Lipinski definition) is 1. The van der Waals surface area contributed by atoms with Crippen molar-refractivity contribution in [2.75, 3.05) is 32.7 Å². The third-order valence-corrected chi connectivity index (χ3v) is 6.40. The predicted molar refractivity (Wildman–Crippen MR) is 107 cm³/mol. The standard InChI is InChI=1S/C21H29N5O3/c1-2-10-24-12-7-21(8-13-24)19(28)26(20(29)23-21)17-6-4-11-25(15-17)18(27)16-5-3-9-22-14-16/h3,5,9,14,17H,2,4,6-8,10-13,15H2,1H3,(H,23,29). The van der Waals surface area contributed by atoms with Crippen molar-refractivity contribution >= 4 is 17.8 Å². The van der Waals surface area contributed by atoms with Crippen LogP contribution in [0.4, 0.5) is 4.79 Å². The predicted octanol–water partition coefficient (Wildman–Crippen LogP) is 1.48. The van der Waals surface area contributed by atoms with E-state index in [9.17, 15) is 14.4 Å². The average molecular weight is 399 g/mol. The molecule has 0 aliphatic carbocycles. The van der Waals surface area contributed by atoms with E-state index in [4.69, 9.17) is 0 Å². The highest BCUT2D eigenvalue weighted by Crippen LogP contribution is 2.32. The topological polar surface area (TPSA) is 85.8 Å². The zero-order valence-corrected chi connectivity index (χ0v) is 17.0. The summed E-state index contributed by atoms with van der Waals surface area (Å²) in [6, 6.07) is 2.90. The molecule has 4 heterocycles. The van der Waals surface area contributed by atoms with Crippen LogP contribution in [0.2, 0.25) is 0 Å². The minimum absolute atomic E-state index is 0.0996. The average Bonchev–Trinajstić information content (AvgIpc) is 2.99. The Kier molecular flexibility index (Phi) is 5.54. The number of urea groups is 1. The van der Waals surface area contributed by atoms with Gasteiger partial charge in [0.2, 0.25) is 0 Å². The second-order valence-corrected chi connectivity index (χ2v) is 8.32. The summed E-state index contributed by atoms with van der Waals surface area (Å²) in [6.45, 7) is 5.83. The van der Waals surface area contributed by atoms with Crippen LogP contribution in [0.25, 0.3) is 0 Å². The van der Waals surface area contributed by atoms with Gasteiger partial charge in [0.15, 0.2) is 0 Å². The number of likely N-dealkylation sites (tertiary alicyclic amines) is 2. The highest BCUT2D eigenvalue weighted by molar-refractivity contribution is 6.07. The van der Waals surface area contributed by atoms with Gasteiger partial charge in [-0.1, -0.05) is 6.92 Å². The second kappa shape index (κ2) is 8.10. The maximum absolute atomic E-state index is 13.3. The summed E-state index contributed by atoms with van der Waals surface area (Å²) in [6.07, 6.45) is 7.08. The number of piperidine rings is 2. The largest absolute Gasteiger partial charge is 0.337 e. The van der Waals surface area contributed by atoms with Gasteiger partial charge in [0, 0.05) is 38.6 Å². The first kappa shape index (κ1) is 19.8. The van der Waals surface area contributed by atoms with Gasteiger partial charge < -0.3 is 15.1 Å². The quantitative estimate of drug-likeness (QED) is 0.775. The van der Waals surface area contributed by atoms with Gasteiger partial charge in [0.05, 0.1) is 11.6 Å². The molecule has 1 spiro atoms. The van der Waals surface area contributed by atoms with Crippen molar-refractivity contribution in [3.8, 4) is 0 Å². The van der Waals surface area contributed by atoms with Crippen LogP contribution in [0.15, 0.2) is 24.5 Å². The molecule has 1 aromatic heterocycles. The second-order valence-electron chi connectivity index (χ2n) is 8.32. The van der Waals surface area contributed by atoms with Crippen molar-refractivity contribution < 1.29 is 14.4 Å². The number of amides is 4. The number of nitrogens with zero attached hydrogens (tertiary/aromatic N) is 4. The van der Waals surface area contributed by atoms with Gasteiger partial charge in [-0.2, -0.15) is 0 Å². The Bertz CT molecular complexity index is 776. The first-order valence-electron chi connectivity index (χ1n) is 10.6. The van der Waals surface area contributed by atoms with E-state index < -0.39 is 5.54 Å². The van der Waals surface area contributed by atoms with E-state index in [-0.39, 0.29) is 23.9 Å². The molecule has 0 bridgehead atoms. The highest BCUT2D eigenvalue weighted by Gasteiger charge is 2.54. The Morgan fingerprint density at radius 1 is 1.28 bits per heavy atom. The number of hydrogen-bond acceptors (Lipinski definition) is 5. The van der Waals surface area contributed by atoms with Crippen LogP contribution in [0.5, 0.6) is 0 Å². The molecule has 0 saturated carbocycles. The number of aromatic nitrogens is 1. The summed E-state index contributed by atoms with van der Waals surface area (Å²) in [5.74, 6) is -0.211. The van der Waals surface area contributed by atoms with Gasteiger partial charge in [0.1, 0.15) is 5.54 Å². The van der Waals surface area contributed by atoms with Crippen molar-refractivity contribution in [1.29, 1.82) is 0 Å². The summed E-state index contributed by atoms with van der Waals surface area (Å²) < 4.78 is 0. The number of rotatable bonds is 4. The van der Waals surface area contributed by atoms with Gasteiger partial charge in [-0.25, -0.2) is 4.79 Å². The van der Waals surface area contributed by atoms with Crippen LogP contribution in [-0.4, -0.2) is 81.8 Å². The highest BCUT2D eigenvalue weighted by atomic mass is 16.2. The van der Waals surface area contributed by atoms with Crippen LogP contribution in [0.3, 0.4) is 0 Å². The van der Waals surface area contributed by atoms with Crippen molar-refractivity contribution in [1.82, 2.24) is 25.0 Å². The molecule has 4 amide bonds. The van der Waals surface area contributed by atoms with E-state index in [0.29, 0.717) is 31.5 Å². The first-order valence-corrected chi connectivity index (χ1v) is 10.6. The lowest BCUT2D eigenvalue weighted by Crippen LogP contribution is -2.56. The summed E-state index contributed by atoms with van der Waals surface area (Å²) in [5, 5.41) is 3.00. The lowest BCUT2D eigenvalue weighted by molar-refractivity contribution is -0.135. The summed E-state index contributed by atoms with van der Waals surface area (Å²) in [7, 11) is 0. The lowest BCUT2D eigenvalue weighted by Gasteiger charge is -2.39. The molecule has 1 unspecified atom stereocenters. The molecule has 156 valence electrons. The number of carbonyl (C=O) groups excluding carboxylic acids is 3. The molecular formula is C21H29N5O3. The zero-order valence-electron chi connectivity index (χ0n) is 17.0. The maximum atomic E-state index is 13.3. The van der Waals surface area contributed by atoms with Crippen molar-refractivity contribution in [2.24, 2.45) is 0 Å². The van der Waals surface area contributed by atoms with Crippen LogP contribution in [0.1, 0.15) is 49.4 Å². The van der Waals surface area contributed by atoms with E-state index in [2.05, 4.69) is 22.1 Å². The van der Waals surface area contributed by atoms with Crippen molar-refractivity contribution in [3.63, 3.8) is 0 Å². The molecule has 8 nitrogen and oxygen atoms in total. The molecular weight excluding hydrogens is 370 g/mol. The smallest absolute Gasteiger partial charge is 0.325 e. The summed E-state index contributed by atoms with van der Waals surface area (Å²) in [4.78, 5) is 48.4. The molecule has 3 aliphatic rings. The molecule has 1 aromatic rings. The fourth-order valence-electron chi connectivity index (χ4n) is 4.81. The number of nitrogens with one attached hydrogen (secondary N) is 1. The SMILES string of the molecule is CCCN1CCC2(CC1)NC(=O)N(C1CCCN(C(=O)c3cccnc3)C1)C2=O. The van der Waals surface area contributed by atoms with E-state index in [1.54, 1.807) is 29.4 Å². The zero-order chi connectivity index (χ0) is 20.4. The Balaban J connectivity index is 1.45.